The molecular weight excluding hydrogens is 513 g/mol. The monoisotopic (exact) mass is 547 g/mol. The topological polar surface area (TPSA) is 73.2 Å². The Bertz CT molecular complexity index is 1160. The van der Waals surface area contributed by atoms with Gasteiger partial charge in [0.2, 0.25) is 11.8 Å². The average molecular weight is 549 g/mol. The zero-order chi connectivity index (χ0) is 26.6. The number of halogens is 2. The summed E-state index contributed by atoms with van der Waals surface area (Å²) in [6, 6.07) is 7.67. The lowest BCUT2D eigenvalue weighted by Crippen LogP contribution is -2.44. The number of nitrogens with zero attached hydrogens (tertiary/aromatic N) is 2. The van der Waals surface area contributed by atoms with Gasteiger partial charge in [0.25, 0.3) is 0 Å². The Morgan fingerprint density at radius 3 is 2.53 bits per heavy atom. The smallest absolute Gasteiger partial charge is 0.228 e. The number of benzene rings is 1. The molecular formula is C28H35Cl2N3O2S. The first-order valence-corrected chi connectivity index (χ1v) is 14.1. The maximum atomic E-state index is 13.5. The Morgan fingerprint density at radius 1 is 1.25 bits per heavy atom. The van der Waals surface area contributed by atoms with Crippen molar-refractivity contribution >= 4 is 51.4 Å². The van der Waals surface area contributed by atoms with Gasteiger partial charge in [0.05, 0.1) is 5.56 Å². The molecule has 0 aliphatic heterocycles. The average Bonchev–Trinajstić information content (AvgIpc) is 3.14. The van der Waals surface area contributed by atoms with Gasteiger partial charge in [0.1, 0.15) is 11.1 Å². The molecule has 1 aliphatic rings. The largest absolute Gasteiger partial charge is 0.335 e. The Labute approximate surface area is 228 Å². The van der Waals surface area contributed by atoms with Crippen LogP contribution in [0.1, 0.15) is 81.9 Å². The van der Waals surface area contributed by atoms with E-state index in [1.165, 1.54) is 11.3 Å². The van der Waals surface area contributed by atoms with Crippen LogP contribution in [0.15, 0.2) is 18.2 Å². The van der Waals surface area contributed by atoms with Crippen LogP contribution in [0, 0.1) is 22.7 Å². The number of thiophene rings is 1. The first kappa shape index (κ1) is 28.5. The van der Waals surface area contributed by atoms with Gasteiger partial charge in [-0.25, -0.2) is 0 Å². The Kier molecular flexibility index (Phi) is 9.49. The SMILES string of the molecule is CCC(CC)C(=O)Nc1sc2c(c1C#N)CCC(N(Cc1ccc(Cl)cc1Cl)C(=O)CC(C)(C)C)C2. The fraction of sp³-hybridized carbons (Fsp3) is 0.536. The van der Waals surface area contributed by atoms with Crippen molar-refractivity contribution in [2.24, 2.45) is 11.3 Å². The van der Waals surface area contributed by atoms with Crippen LogP contribution in [-0.4, -0.2) is 22.8 Å². The Morgan fingerprint density at radius 2 is 1.94 bits per heavy atom. The van der Waals surface area contributed by atoms with E-state index >= 15 is 0 Å². The summed E-state index contributed by atoms with van der Waals surface area (Å²) < 4.78 is 0. The molecule has 1 aliphatic carbocycles. The van der Waals surface area contributed by atoms with E-state index in [0.29, 0.717) is 46.4 Å². The van der Waals surface area contributed by atoms with Crippen LogP contribution in [0.4, 0.5) is 5.00 Å². The molecule has 1 aromatic heterocycles. The molecule has 0 bridgehead atoms. The maximum absolute atomic E-state index is 13.5. The summed E-state index contributed by atoms with van der Waals surface area (Å²) in [6.45, 7) is 10.6. The van der Waals surface area contributed by atoms with Gasteiger partial charge in [-0.05, 0) is 54.4 Å². The molecule has 194 valence electrons. The highest BCUT2D eigenvalue weighted by Gasteiger charge is 2.33. The standard InChI is InChI=1S/C28H35Cl2N3O2S/c1-6-17(7-2)26(35)32-27-22(15-31)21-11-10-20(13-24(21)36-27)33(25(34)14-28(3,4)5)16-18-8-9-19(29)12-23(18)30/h8-9,12,17,20H,6-7,10-11,13-14,16H2,1-5H3,(H,32,35). The number of anilines is 1. The minimum atomic E-state index is -0.150. The quantitative estimate of drug-likeness (QED) is 0.369. The molecule has 5 nitrogen and oxygen atoms in total. The van der Waals surface area contributed by atoms with Crippen molar-refractivity contribution in [1.29, 1.82) is 5.26 Å². The first-order valence-electron chi connectivity index (χ1n) is 12.6. The van der Waals surface area contributed by atoms with Crippen molar-refractivity contribution in [2.45, 2.75) is 85.7 Å². The zero-order valence-electron chi connectivity index (χ0n) is 21.7. The fourth-order valence-corrected chi connectivity index (χ4v) is 6.46. The summed E-state index contributed by atoms with van der Waals surface area (Å²) >= 11 is 14.0. The molecule has 0 saturated heterocycles. The number of hydrogen-bond acceptors (Lipinski definition) is 4. The Hall–Kier alpha value is -2.07. The van der Waals surface area contributed by atoms with Crippen molar-refractivity contribution in [1.82, 2.24) is 4.90 Å². The van der Waals surface area contributed by atoms with E-state index in [1.54, 1.807) is 12.1 Å². The highest BCUT2D eigenvalue weighted by molar-refractivity contribution is 7.16. The molecule has 1 unspecified atom stereocenters. The van der Waals surface area contributed by atoms with Crippen LogP contribution in [0.3, 0.4) is 0 Å². The lowest BCUT2D eigenvalue weighted by molar-refractivity contribution is -0.136. The molecule has 1 atom stereocenters. The number of hydrogen-bond donors (Lipinski definition) is 1. The van der Waals surface area contributed by atoms with Crippen LogP contribution >= 0.6 is 34.5 Å². The molecule has 0 radical (unpaired) electrons. The van der Waals surface area contributed by atoms with Crippen molar-refractivity contribution in [3.63, 3.8) is 0 Å². The van der Waals surface area contributed by atoms with E-state index in [1.807, 2.05) is 24.8 Å². The predicted molar refractivity (Wildman–Crippen MR) is 149 cm³/mol. The zero-order valence-corrected chi connectivity index (χ0v) is 24.0. The van der Waals surface area contributed by atoms with Crippen LogP contribution in [0.2, 0.25) is 10.0 Å². The van der Waals surface area contributed by atoms with Gasteiger partial charge >= 0.3 is 0 Å². The summed E-state index contributed by atoms with van der Waals surface area (Å²) in [4.78, 5) is 29.2. The number of nitriles is 1. The lowest BCUT2D eigenvalue weighted by atomic mass is 9.88. The van der Waals surface area contributed by atoms with E-state index < -0.39 is 0 Å². The van der Waals surface area contributed by atoms with Crippen LogP contribution in [-0.2, 0) is 29.0 Å². The summed E-state index contributed by atoms with van der Waals surface area (Å²) in [6.07, 6.45) is 4.03. The van der Waals surface area contributed by atoms with E-state index in [-0.39, 0.29) is 29.2 Å². The number of rotatable bonds is 8. The molecule has 1 heterocycles. The molecule has 8 heteroatoms. The van der Waals surface area contributed by atoms with Crippen LogP contribution in [0.5, 0.6) is 0 Å². The normalized spacial score (nSPS) is 15.4. The van der Waals surface area contributed by atoms with Gasteiger partial charge in [0, 0.05) is 46.3 Å². The predicted octanol–water partition coefficient (Wildman–Crippen LogP) is 7.62. The summed E-state index contributed by atoms with van der Waals surface area (Å²) in [5.41, 5.74) is 2.28. The van der Waals surface area contributed by atoms with Crippen molar-refractivity contribution in [3.05, 3.63) is 49.8 Å². The van der Waals surface area contributed by atoms with Gasteiger partial charge in [-0.2, -0.15) is 5.26 Å². The maximum Gasteiger partial charge on any atom is 0.228 e. The fourth-order valence-electron chi connectivity index (χ4n) is 4.72. The third kappa shape index (κ3) is 6.82. The van der Waals surface area contributed by atoms with Gasteiger partial charge in [-0.15, -0.1) is 11.3 Å². The molecule has 0 spiro atoms. The van der Waals surface area contributed by atoms with Crippen LogP contribution < -0.4 is 5.32 Å². The number of amides is 2. The summed E-state index contributed by atoms with van der Waals surface area (Å²) in [7, 11) is 0. The molecule has 0 saturated carbocycles. The third-order valence-electron chi connectivity index (χ3n) is 6.74. The second-order valence-electron chi connectivity index (χ2n) is 10.7. The Balaban J connectivity index is 1.90. The molecule has 36 heavy (non-hydrogen) atoms. The highest BCUT2D eigenvalue weighted by atomic mass is 35.5. The second kappa shape index (κ2) is 12.0. The van der Waals surface area contributed by atoms with E-state index in [0.717, 1.165) is 35.3 Å². The van der Waals surface area contributed by atoms with Gasteiger partial charge in [0.15, 0.2) is 0 Å². The van der Waals surface area contributed by atoms with Gasteiger partial charge in [-0.1, -0.05) is 63.9 Å². The minimum absolute atomic E-state index is 0.0214. The number of carbonyl (C=O) groups is 2. The number of nitrogens with one attached hydrogen (secondary N) is 1. The molecule has 2 amide bonds. The lowest BCUT2D eigenvalue weighted by Gasteiger charge is -2.36. The summed E-state index contributed by atoms with van der Waals surface area (Å²) in [5.74, 6) is -0.0228. The molecule has 0 fully saturated rings. The number of fused-ring (bicyclic) bond motifs is 1. The van der Waals surface area contributed by atoms with Gasteiger partial charge < -0.3 is 10.2 Å². The summed E-state index contributed by atoms with van der Waals surface area (Å²) in [5, 5.41) is 14.6. The van der Waals surface area contributed by atoms with E-state index in [9.17, 15) is 14.9 Å². The molecule has 2 aromatic rings. The first-order chi connectivity index (χ1) is 17.0. The molecule has 1 N–H and O–H groups in total. The minimum Gasteiger partial charge on any atom is -0.335 e. The van der Waals surface area contributed by atoms with Crippen molar-refractivity contribution in [2.75, 3.05) is 5.32 Å². The molecule has 3 rings (SSSR count). The van der Waals surface area contributed by atoms with Crippen molar-refractivity contribution in [3.8, 4) is 6.07 Å². The van der Waals surface area contributed by atoms with E-state index in [4.69, 9.17) is 23.2 Å². The van der Waals surface area contributed by atoms with E-state index in [2.05, 4.69) is 32.2 Å². The van der Waals surface area contributed by atoms with Crippen LogP contribution in [0.25, 0.3) is 0 Å². The highest BCUT2D eigenvalue weighted by Crippen LogP contribution is 2.40. The second-order valence-corrected chi connectivity index (χ2v) is 12.7. The van der Waals surface area contributed by atoms with Gasteiger partial charge in [-0.3, -0.25) is 9.59 Å². The molecule has 1 aromatic carbocycles. The van der Waals surface area contributed by atoms with Crippen molar-refractivity contribution < 1.29 is 9.59 Å². The number of carbonyl (C=O) groups excluding carboxylic acids is 2. The third-order valence-corrected chi connectivity index (χ3v) is 8.50.